The van der Waals surface area contributed by atoms with E-state index in [0.29, 0.717) is 12.0 Å². The number of nitrogens with one attached hydrogen (secondary N) is 1. The van der Waals surface area contributed by atoms with E-state index in [0.717, 1.165) is 23.9 Å². The normalized spacial score (nSPS) is 17.0. The SMILES string of the molecule is C[C@H](N)C(=O)Nc1nc2ccccc2n1C1CCCCC1.Cl. The van der Waals surface area contributed by atoms with E-state index in [-0.39, 0.29) is 18.3 Å². The molecule has 0 aliphatic heterocycles. The van der Waals surface area contributed by atoms with E-state index in [4.69, 9.17) is 5.73 Å². The minimum atomic E-state index is -0.537. The lowest BCUT2D eigenvalue weighted by atomic mass is 9.95. The molecule has 1 aromatic heterocycles. The monoisotopic (exact) mass is 322 g/mol. The molecule has 0 unspecified atom stereocenters. The van der Waals surface area contributed by atoms with Crippen LogP contribution >= 0.6 is 12.4 Å². The van der Waals surface area contributed by atoms with E-state index >= 15 is 0 Å². The molecule has 22 heavy (non-hydrogen) atoms. The number of carbonyl (C=O) groups is 1. The first-order chi connectivity index (χ1) is 10.2. The number of halogens is 1. The van der Waals surface area contributed by atoms with Gasteiger partial charge >= 0.3 is 0 Å². The van der Waals surface area contributed by atoms with Crippen LogP contribution in [-0.4, -0.2) is 21.5 Å². The van der Waals surface area contributed by atoms with Crippen molar-refractivity contribution in [2.75, 3.05) is 5.32 Å². The van der Waals surface area contributed by atoms with E-state index in [1.807, 2.05) is 18.2 Å². The van der Waals surface area contributed by atoms with E-state index < -0.39 is 6.04 Å². The zero-order valence-electron chi connectivity index (χ0n) is 12.8. The van der Waals surface area contributed by atoms with Crippen LogP contribution < -0.4 is 11.1 Å². The molecule has 1 amide bonds. The van der Waals surface area contributed by atoms with Gasteiger partial charge < -0.3 is 10.3 Å². The molecule has 5 nitrogen and oxygen atoms in total. The van der Waals surface area contributed by atoms with Crippen LogP contribution in [0.5, 0.6) is 0 Å². The highest BCUT2D eigenvalue weighted by Crippen LogP contribution is 2.34. The van der Waals surface area contributed by atoms with Gasteiger partial charge in [0.05, 0.1) is 17.1 Å². The molecule has 0 saturated heterocycles. The van der Waals surface area contributed by atoms with Gasteiger partial charge in [-0.2, -0.15) is 0 Å². The number of para-hydroxylation sites is 2. The molecule has 0 radical (unpaired) electrons. The van der Waals surface area contributed by atoms with Gasteiger partial charge in [0, 0.05) is 6.04 Å². The van der Waals surface area contributed by atoms with Gasteiger partial charge in [-0.25, -0.2) is 4.98 Å². The Kier molecular flexibility index (Phi) is 5.42. The molecule has 1 heterocycles. The third kappa shape index (κ3) is 3.25. The minimum absolute atomic E-state index is 0. The topological polar surface area (TPSA) is 72.9 Å². The summed E-state index contributed by atoms with van der Waals surface area (Å²) in [6.45, 7) is 1.68. The first kappa shape index (κ1) is 16.8. The van der Waals surface area contributed by atoms with Crippen molar-refractivity contribution in [3.8, 4) is 0 Å². The van der Waals surface area contributed by atoms with E-state index in [2.05, 4.69) is 20.9 Å². The number of imidazole rings is 1. The van der Waals surface area contributed by atoms with Crippen molar-refractivity contribution in [2.24, 2.45) is 5.73 Å². The molecule has 120 valence electrons. The number of carbonyl (C=O) groups excluding carboxylic acids is 1. The fourth-order valence-corrected chi connectivity index (χ4v) is 3.07. The Morgan fingerprint density at radius 3 is 2.68 bits per heavy atom. The maximum absolute atomic E-state index is 11.9. The van der Waals surface area contributed by atoms with Crippen LogP contribution in [0.4, 0.5) is 5.95 Å². The van der Waals surface area contributed by atoms with E-state index in [9.17, 15) is 4.79 Å². The van der Waals surface area contributed by atoms with Crippen molar-refractivity contribution in [1.29, 1.82) is 0 Å². The quantitative estimate of drug-likeness (QED) is 0.911. The van der Waals surface area contributed by atoms with Gasteiger partial charge in [-0.05, 0) is 31.9 Å². The molecule has 6 heteroatoms. The van der Waals surface area contributed by atoms with Gasteiger partial charge in [0.15, 0.2) is 0 Å². The molecule has 0 bridgehead atoms. The first-order valence-corrected chi connectivity index (χ1v) is 7.70. The summed E-state index contributed by atoms with van der Waals surface area (Å²) in [4.78, 5) is 16.5. The molecule has 3 N–H and O–H groups in total. The lowest BCUT2D eigenvalue weighted by molar-refractivity contribution is -0.117. The van der Waals surface area contributed by atoms with Gasteiger partial charge in [-0.1, -0.05) is 31.4 Å². The Bertz CT molecular complexity index is 647. The molecule has 1 atom stereocenters. The molecule has 0 spiro atoms. The Balaban J connectivity index is 0.00000176. The number of nitrogens with zero attached hydrogens (tertiary/aromatic N) is 2. The first-order valence-electron chi connectivity index (χ1n) is 7.70. The Labute approximate surface area is 136 Å². The largest absolute Gasteiger partial charge is 0.320 e. The highest BCUT2D eigenvalue weighted by Gasteiger charge is 2.22. The number of nitrogens with two attached hydrogens (primary N) is 1. The number of rotatable bonds is 3. The lowest BCUT2D eigenvalue weighted by Gasteiger charge is -2.25. The molecule has 1 aromatic carbocycles. The number of benzene rings is 1. The second-order valence-electron chi connectivity index (χ2n) is 5.86. The van der Waals surface area contributed by atoms with Crippen LogP contribution in [0.25, 0.3) is 11.0 Å². The highest BCUT2D eigenvalue weighted by molar-refractivity contribution is 5.94. The predicted octanol–water partition coefficient (Wildman–Crippen LogP) is 3.25. The van der Waals surface area contributed by atoms with Crippen molar-refractivity contribution in [1.82, 2.24) is 9.55 Å². The Morgan fingerprint density at radius 1 is 1.32 bits per heavy atom. The molecule has 3 rings (SSSR count). The fraction of sp³-hybridized carbons (Fsp3) is 0.500. The van der Waals surface area contributed by atoms with Gasteiger partial charge in [0.1, 0.15) is 0 Å². The van der Waals surface area contributed by atoms with Gasteiger partial charge in [-0.3, -0.25) is 10.1 Å². The standard InChI is InChI=1S/C16H22N4O.ClH/c1-11(17)15(21)19-16-18-13-9-5-6-10-14(13)20(16)12-7-3-2-4-8-12;/h5-6,9-12H,2-4,7-8,17H2,1H3,(H,18,19,21);1H/t11-;/m0./s1. The molecule has 1 fully saturated rings. The zero-order chi connectivity index (χ0) is 14.8. The van der Waals surface area contributed by atoms with Crippen molar-refractivity contribution in [2.45, 2.75) is 51.1 Å². The van der Waals surface area contributed by atoms with Crippen LogP contribution in [-0.2, 0) is 4.79 Å². The summed E-state index contributed by atoms with van der Waals surface area (Å²) in [5.74, 6) is 0.438. The third-order valence-electron chi connectivity index (χ3n) is 4.18. The van der Waals surface area contributed by atoms with Crippen molar-refractivity contribution in [3.63, 3.8) is 0 Å². The summed E-state index contributed by atoms with van der Waals surface area (Å²) in [5.41, 5.74) is 7.66. The Hall–Kier alpha value is -1.59. The van der Waals surface area contributed by atoms with Crippen LogP contribution in [0.2, 0.25) is 0 Å². The minimum Gasteiger partial charge on any atom is -0.320 e. The number of anilines is 1. The fourth-order valence-electron chi connectivity index (χ4n) is 3.07. The van der Waals surface area contributed by atoms with Gasteiger partial charge in [0.25, 0.3) is 0 Å². The lowest BCUT2D eigenvalue weighted by Crippen LogP contribution is -2.33. The van der Waals surface area contributed by atoms with Crippen LogP contribution in [0.1, 0.15) is 45.1 Å². The molecule has 2 aromatic rings. The second-order valence-corrected chi connectivity index (χ2v) is 5.86. The summed E-state index contributed by atoms with van der Waals surface area (Å²) in [5, 5.41) is 2.88. The van der Waals surface area contributed by atoms with Gasteiger partial charge in [0.2, 0.25) is 11.9 Å². The molecule has 1 aliphatic carbocycles. The van der Waals surface area contributed by atoms with Crippen molar-refractivity contribution >= 4 is 35.3 Å². The maximum atomic E-state index is 11.9. The summed E-state index contributed by atoms with van der Waals surface area (Å²) < 4.78 is 2.19. The summed E-state index contributed by atoms with van der Waals surface area (Å²) >= 11 is 0. The van der Waals surface area contributed by atoms with Crippen molar-refractivity contribution in [3.05, 3.63) is 24.3 Å². The summed E-state index contributed by atoms with van der Waals surface area (Å²) in [6, 6.07) is 7.91. The predicted molar refractivity (Wildman–Crippen MR) is 91.4 cm³/mol. The van der Waals surface area contributed by atoms with Gasteiger partial charge in [-0.15, -0.1) is 12.4 Å². The number of amides is 1. The average molecular weight is 323 g/mol. The number of fused-ring (bicyclic) bond motifs is 1. The molecule has 1 aliphatic rings. The van der Waals surface area contributed by atoms with Crippen LogP contribution in [0.3, 0.4) is 0 Å². The average Bonchev–Trinajstić information content (AvgIpc) is 2.85. The zero-order valence-corrected chi connectivity index (χ0v) is 13.6. The van der Waals surface area contributed by atoms with E-state index in [1.54, 1.807) is 6.92 Å². The maximum Gasteiger partial charge on any atom is 0.243 e. The van der Waals surface area contributed by atoms with Crippen molar-refractivity contribution < 1.29 is 4.79 Å². The molecular weight excluding hydrogens is 300 g/mol. The molecule has 1 saturated carbocycles. The summed E-state index contributed by atoms with van der Waals surface area (Å²) in [6.07, 6.45) is 6.04. The highest BCUT2D eigenvalue weighted by atomic mass is 35.5. The number of aromatic nitrogens is 2. The van der Waals surface area contributed by atoms with Crippen LogP contribution in [0, 0.1) is 0 Å². The third-order valence-corrected chi connectivity index (χ3v) is 4.18. The van der Waals surface area contributed by atoms with E-state index in [1.165, 1.54) is 19.3 Å². The number of hydrogen-bond donors (Lipinski definition) is 2. The summed E-state index contributed by atoms with van der Waals surface area (Å²) in [7, 11) is 0. The second kappa shape index (κ2) is 7.11. The smallest absolute Gasteiger partial charge is 0.243 e. The number of hydrogen-bond acceptors (Lipinski definition) is 3. The molecular formula is C16H23ClN4O. The van der Waals surface area contributed by atoms with Crippen LogP contribution in [0.15, 0.2) is 24.3 Å². The Morgan fingerprint density at radius 2 is 2.00 bits per heavy atom.